The topological polar surface area (TPSA) is 35.5 Å². The SMILES string of the molecule is CCCc1ccc(C(=O)OC)cc1OC. The monoisotopic (exact) mass is 208 g/mol. The minimum absolute atomic E-state index is 0.337. The second kappa shape index (κ2) is 5.39. The molecular weight excluding hydrogens is 192 g/mol. The maximum absolute atomic E-state index is 11.3. The Morgan fingerprint density at radius 1 is 1.33 bits per heavy atom. The van der Waals surface area contributed by atoms with Crippen LogP contribution in [0.1, 0.15) is 29.3 Å². The highest BCUT2D eigenvalue weighted by Gasteiger charge is 2.09. The lowest BCUT2D eigenvalue weighted by Crippen LogP contribution is -2.02. The first-order valence-electron chi connectivity index (χ1n) is 4.98. The number of carbonyl (C=O) groups is 1. The van der Waals surface area contributed by atoms with Crippen molar-refractivity contribution in [1.82, 2.24) is 0 Å². The molecular formula is C12H16O3. The molecule has 1 rings (SSSR count). The Kier molecular flexibility index (Phi) is 4.16. The third-order valence-corrected chi connectivity index (χ3v) is 2.23. The number of rotatable bonds is 4. The first kappa shape index (κ1) is 11.6. The summed E-state index contributed by atoms with van der Waals surface area (Å²) in [7, 11) is 2.98. The molecule has 0 saturated carbocycles. The number of carbonyl (C=O) groups excluding carboxylic acids is 1. The number of hydrogen-bond donors (Lipinski definition) is 0. The fourth-order valence-corrected chi connectivity index (χ4v) is 1.47. The van der Waals surface area contributed by atoms with Crippen molar-refractivity contribution in [2.45, 2.75) is 19.8 Å². The van der Waals surface area contributed by atoms with E-state index in [1.54, 1.807) is 19.2 Å². The van der Waals surface area contributed by atoms with Gasteiger partial charge in [-0.3, -0.25) is 0 Å². The lowest BCUT2D eigenvalue weighted by Gasteiger charge is -2.08. The second-order valence-electron chi connectivity index (χ2n) is 3.27. The van der Waals surface area contributed by atoms with Gasteiger partial charge in [0, 0.05) is 0 Å². The highest BCUT2D eigenvalue weighted by molar-refractivity contribution is 5.89. The van der Waals surface area contributed by atoms with Gasteiger partial charge in [-0.05, 0) is 24.1 Å². The van der Waals surface area contributed by atoms with Gasteiger partial charge in [0.25, 0.3) is 0 Å². The molecule has 1 aromatic carbocycles. The summed E-state index contributed by atoms with van der Waals surface area (Å²) in [4.78, 5) is 11.3. The standard InChI is InChI=1S/C12H16O3/c1-4-5-9-6-7-10(12(13)15-3)8-11(9)14-2/h6-8H,4-5H2,1-3H3. The molecule has 0 N–H and O–H groups in total. The van der Waals surface area contributed by atoms with Crippen LogP contribution in [0.2, 0.25) is 0 Å². The van der Waals surface area contributed by atoms with Gasteiger partial charge in [-0.15, -0.1) is 0 Å². The van der Waals surface area contributed by atoms with E-state index in [-0.39, 0.29) is 5.97 Å². The maximum Gasteiger partial charge on any atom is 0.337 e. The summed E-state index contributed by atoms with van der Waals surface area (Å²) in [5.41, 5.74) is 1.64. The average Bonchev–Trinajstić information content (AvgIpc) is 2.29. The largest absolute Gasteiger partial charge is 0.496 e. The van der Waals surface area contributed by atoms with Gasteiger partial charge in [-0.25, -0.2) is 4.79 Å². The van der Waals surface area contributed by atoms with E-state index in [1.165, 1.54) is 7.11 Å². The summed E-state index contributed by atoms with van der Waals surface area (Å²) in [6.45, 7) is 2.10. The first-order valence-corrected chi connectivity index (χ1v) is 4.98. The summed E-state index contributed by atoms with van der Waals surface area (Å²) < 4.78 is 9.87. The van der Waals surface area contributed by atoms with Crippen molar-refractivity contribution in [3.8, 4) is 5.75 Å². The van der Waals surface area contributed by atoms with Crippen LogP contribution in [0.25, 0.3) is 0 Å². The molecule has 0 aromatic heterocycles. The van der Waals surface area contributed by atoms with Crippen molar-refractivity contribution in [2.24, 2.45) is 0 Å². The average molecular weight is 208 g/mol. The number of ether oxygens (including phenoxy) is 2. The van der Waals surface area contributed by atoms with E-state index in [9.17, 15) is 4.79 Å². The van der Waals surface area contributed by atoms with E-state index in [1.807, 2.05) is 6.07 Å². The van der Waals surface area contributed by atoms with Crippen LogP contribution in [-0.4, -0.2) is 20.2 Å². The highest BCUT2D eigenvalue weighted by atomic mass is 16.5. The minimum Gasteiger partial charge on any atom is -0.496 e. The van der Waals surface area contributed by atoms with Crippen LogP contribution in [0.15, 0.2) is 18.2 Å². The van der Waals surface area contributed by atoms with Gasteiger partial charge in [0.15, 0.2) is 0 Å². The molecule has 0 bridgehead atoms. The zero-order chi connectivity index (χ0) is 11.3. The highest BCUT2D eigenvalue weighted by Crippen LogP contribution is 2.21. The Morgan fingerprint density at radius 3 is 2.60 bits per heavy atom. The number of hydrogen-bond acceptors (Lipinski definition) is 3. The summed E-state index contributed by atoms with van der Waals surface area (Å²) in [5.74, 6) is 0.413. The normalized spacial score (nSPS) is 9.80. The van der Waals surface area contributed by atoms with E-state index < -0.39 is 0 Å². The van der Waals surface area contributed by atoms with Crippen LogP contribution in [-0.2, 0) is 11.2 Å². The van der Waals surface area contributed by atoms with E-state index in [0.717, 1.165) is 24.2 Å². The smallest absolute Gasteiger partial charge is 0.337 e. The third kappa shape index (κ3) is 2.72. The minimum atomic E-state index is -0.337. The fraction of sp³-hybridized carbons (Fsp3) is 0.417. The Morgan fingerprint density at radius 2 is 2.07 bits per heavy atom. The van der Waals surface area contributed by atoms with Crippen LogP contribution in [0.3, 0.4) is 0 Å². The van der Waals surface area contributed by atoms with Crippen LogP contribution in [0, 0.1) is 0 Å². The molecule has 0 atom stereocenters. The van der Waals surface area contributed by atoms with E-state index in [0.29, 0.717) is 5.56 Å². The van der Waals surface area contributed by atoms with Crippen molar-refractivity contribution < 1.29 is 14.3 Å². The van der Waals surface area contributed by atoms with E-state index in [2.05, 4.69) is 11.7 Å². The van der Waals surface area contributed by atoms with Gasteiger partial charge in [0.2, 0.25) is 0 Å². The summed E-state index contributed by atoms with van der Waals surface area (Å²) in [6.07, 6.45) is 2.00. The van der Waals surface area contributed by atoms with Crippen molar-refractivity contribution in [3.63, 3.8) is 0 Å². The van der Waals surface area contributed by atoms with Crippen LogP contribution >= 0.6 is 0 Å². The zero-order valence-corrected chi connectivity index (χ0v) is 9.37. The predicted octanol–water partition coefficient (Wildman–Crippen LogP) is 2.43. The Hall–Kier alpha value is -1.51. The van der Waals surface area contributed by atoms with Crippen molar-refractivity contribution in [3.05, 3.63) is 29.3 Å². The van der Waals surface area contributed by atoms with Crippen molar-refractivity contribution in [1.29, 1.82) is 0 Å². The molecule has 15 heavy (non-hydrogen) atoms. The molecule has 0 aliphatic carbocycles. The van der Waals surface area contributed by atoms with Gasteiger partial charge in [-0.2, -0.15) is 0 Å². The van der Waals surface area contributed by atoms with Gasteiger partial charge in [-0.1, -0.05) is 19.4 Å². The molecule has 82 valence electrons. The molecule has 0 spiro atoms. The van der Waals surface area contributed by atoms with Gasteiger partial charge < -0.3 is 9.47 Å². The molecule has 3 heteroatoms. The lowest BCUT2D eigenvalue weighted by molar-refractivity contribution is 0.0600. The van der Waals surface area contributed by atoms with Gasteiger partial charge in [0.1, 0.15) is 5.75 Å². The molecule has 0 aliphatic heterocycles. The summed E-state index contributed by atoms with van der Waals surface area (Å²) in [5, 5.41) is 0. The van der Waals surface area contributed by atoms with Crippen molar-refractivity contribution in [2.75, 3.05) is 14.2 Å². The molecule has 0 saturated heterocycles. The quantitative estimate of drug-likeness (QED) is 0.713. The van der Waals surface area contributed by atoms with E-state index in [4.69, 9.17) is 4.74 Å². The molecule has 0 aliphatic rings. The number of methoxy groups -OCH3 is 2. The van der Waals surface area contributed by atoms with Crippen LogP contribution < -0.4 is 4.74 Å². The Balaban J connectivity index is 3.01. The Bertz CT molecular complexity index is 345. The molecule has 0 fully saturated rings. The van der Waals surface area contributed by atoms with Crippen LogP contribution in [0.4, 0.5) is 0 Å². The number of aryl methyl sites for hydroxylation is 1. The lowest BCUT2D eigenvalue weighted by atomic mass is 10.1. The second-order valence-corrected chi connectivity index (χ2v) is 3.27. The molecule has 3 nitrogen and oxygen atoms in total. The maximum atomic E-state index is 11.3. The number of esters is 1. The van der Waals surface area contributed by atoms with Crippen LogP contribution in [0.5, 0.6) is 5.75 Å². The van der Waals surface area contributed by atoms with Crippen molar-refractivity contribution >= 4 is 5.97 Å². The first-order chi connectivity index (χ1) is 7.22. The fourth-order valence-electron chi connectivity index (χ4n) is 1.47. The van der Waals surface area contributed by atoms with Gasteiger partial charge >= 0.3 is 5.97 Å². The van der Waals surface area contributed by atoms with Gasteiger partial charge in [0.05, 0.1) is 19.8 Å². The third-order valence-electron chi connectivity index (χ3n) is 2.23. The molecule has 0 amide bonds. The predicted molar refractivity (Wildman–Crippen MR) is 58.3 cm³/mol. The Labute approximate surface area is 90.0 Å². The molecule has 0 radical (unpaired) electrons. The molecule has 0 heterocycles. The van der Waals surface area contributed by atoms with E-state index >= 15 is 0 Å². The number of benzene rings is 1. The summed E-state index contributed by atoms with van der Waals surface area (Å²) in [6, 6.07) is 5.39. The molecule has 0 unspecified atom stereocenters. The zero-order valence-electron chi connectivity index (χ0n) is 9.37. The molecule has 1 aromatic rings. The summed E-state index contributed by atoms with van der Waals surface area (Å²) >= 11 is 0.